The highest BCUT2D eigenvalue weighted by Gasteiger charge is 2.24. The van der Waals surface area contributed by atoms with Crippen LogP contribution in [0.3, 0.4) is 0 Å². The van der Waals surface area contributed by atoms with Crippen LogP contribution < -0.4 is 4.74 Å². The molecule has 1 fully saturated rings. The molecule has 0 atom stereocenters. The molecule has 0 saturated carbocycles. The maximum Gasteiger partial charge on any atom is 0.227 e. The SMILES string of the molecule is CCCC(=O)N1CCN(C(=O)Cc2cc(Cl)c(C)cc2OC)CC1. The first-order valence-electron chi connectivity index (χ1n) is 8.34. The summed E-state index contributed by atoms with van der Waals surface area (Å²) >= 11 is 6.17. The molecule has 1 aliphatic rings. The zero-order valence-corrected chi connectivity index (χ0v) is 15.4. The molecule has 0 spiro atoms. The molecule has 2 rings (SSSR count). The van der Waals surface area contributed by atoms with Crippen molar-refractivity contribution < 1.29 is 14.3 Å². The summed E-state index contributed by atoms with van der Waals surface area (Å²) in [6.07, 6.45) is 1.69. The molecule has 0 N–H and O–H groups in total. The third-order valence-corrected chi connectivity index (χ3v) is 4.76. The standard InChI is InChI=1S/C18H25ClN2O3/c1-4-5-17(22)20-6-8-21(9-7-20)18(23)12-14-11-15(19)13(2)10-16(14)24-3/h10-11H,4-9,12H2,1-3H3. The van der Waals surface area contributed by atoms with Crippen LogP contribution in [0.15, 0.2) is 12.1 Å². The van der Waals surface area contributed by atoms with Crippen molar-refractivity contribution >= 4 is 23.4 Å². The lowest BCUT2D eigenvalue weighted by atomic mass is 10.1. The maximum atomic E-state index is 12.6. The summed E-state index contributed by atoms with van der Waals surface area (Å²) in [6.45, 7) is 6.28. The number of ether oxygens (including phenoxy) is 1. The van der Waals surface area contributed by atoms with Gasteiger partial charge in [0.1, 0.15) is 5.75 Å². The quantitative estimate of drug-likeness (QED) is 0.818. The summed E-state index contributed by atoms with van der Waals surface area (Å²) in [4.78, 5) is 28.1. The van der Waals surface area contributed by atoms with Gasteiger partial charge in [-0.2, -0.15) is 0 Å². The molecule has 0 unspecified atom stereocenters. The number of carbonyl (C=O) groups excluding carboxylic acids is 2. The van der Waals surface area contributed by atoms with Crippen molar-refractivity contribution in [3.05, 3.63) is 28.3 Å². The highest BCUT2D eigenvalue weighted by atomic mass is 35.5. The minimum Gasteiger partial charge on any atom is -0.496 e. The maximum absolute atomic E-state index is 12.6. The summed E-state index contributed by atoms with van der Waals surface area (Å²) in [6, 6.07) is 3.65. The van der Waals surface area contributed by atoms with Crippen LogP contribution in [-0.2, 0) is 16.0 Å². The molecule has 132 valence electrons. The van der Waals surface area contributed by atoms with Gasteiger partial charge in [-0.25, -0.2) is 0 Å². The fourth-order valence-electron chi connectivity index (χ4n) is 2.88. The average molecular weight is 353 g/mol. The third kappa shape index (κ3) is 4.41. The predicted octanol–water partition coefficient (Wildman–Crippen LogP) is 2.67. The van der Waals surface area contributed by atoms with Crippen LogP contribution >= 0.6 is 11.6 Å². The number of carbonyl (C=O) groups is 2. The minimum atomic E-state index is 0.0378. The first-order chi connectivity index (χ1) is 11.5. The van der Waals surface area contributed by atoms with E-state index in [0.717, 1.165) is 17.5 Å². The van der Waals surface area contributed by atoms with Crippen LogP contribution in [0.2, 0.25) is 5.02 Å². The summed E-state index contributed by atoms with van der Waals surface area (Å²) in [5.74, 6) is 0.898. The van der Waals surface area contributed by atoms with Crippen LogP contribution in [0.25, 0.3) is 0 Å². The summed E-state index contributed by atoms with van der Waals surface area (Å²) in [5.41, 5.74) is 1.72. The van der Waals surface area contributed by atoms with Gasteiger partial charge >= 0.3 is 0 Å². The lowest BCUT2D eigenvalue weighted by Crippen LogP contribution is -2.50. The highest BCUT2D eigenvalue weighted by Crippen LogP contribution is 2.27. The van der Waals surface area contributed by atoms with Gasteiger partial charge in [0.2, 0.25) is 11.8 Å². The Hall–Kier alpha value is -1.75. The average Bonchev–Trinajstić information content (AvgIpc) is 2.58. The molecule has 0 aliphatic carbocycles. The van der Waals surface area contributed by atoms with Gasteiger partial charge in [-0.1, -0.05) is 18.5 Å². The Morgan fingerprint density at radius 3 is 2.25 bits per heavy atom. The van der Waals surface area contributed by atoms with Gasteiger partial charge in [0.15, 0.2) is 0 Å². The molecule has 0 aromatic heterocycles. The van der Waals surface area contributed by atoms with Gasteiger partial charge in [-0.05, 0) is 31.0 Å². The molecule has 0 bridgehead atoms. The first-order valence-corrected chi connectivity index (χ1v) is 8.72. The van der Waals surface area contributed by atoms with E-state index in [1.165, 1.54) is 0 Å². The molecular formula is C18H25ClN2O3. The van der Waals surface area contributed by atoms with Crippen LogP contribution in [0.1, 0.15) is 30.9 Å². The number of nitrogens with zero attached hydrogens (tertiary/aromatic N) is 2. The van der Waals surface area contributed by atoms with Crippen molar-refractivity contribution in [2.24, 2.45) is 0 Å². The van der Waals surface area contributed by atoms with E-state index in [4.69, 9.17) is 16.3 Å². The number of hydrogen-bond donors (Lipinski definition) is 0. The number of rotatable bonds is 5. The van der Waals surface area contributed by atoms with Gasteiger partial charge in [-0.3, -0.25) is 9.59 Å². The molecule has 1 aromatic rings. The number of benzene rings is 1. The first kappa shape index (κ1) is 18.6. The Kier molecular flexibility index (Phi) is 6.49. The van der Waals surface area contributed by atoms with E-state index in [1.807, 2.05) is 29.7 Å². The zero-order chi connectivity index (χ0) is 17.7. The Morgan fingerprint density at radius 1 is 1.12 bits per heavy atom. The number of amides is 2. The van der Waals surface area contributed by atoms with E-state index in [2.05, 4.69) is 0 Å². The number of halogens is 1. The Balaban J connectivity index is 1.97. The van der Waals surface area contributed by atoms with E-state index < -0.39 is 0 Å². The van der Waals surface area contributed by atoms with Crippen LogP contribution in [-0.4, -0.2) is 54.9 Å². The van der Waals surface area contributed by atoms with Crippen molar-refractivity contribution in [2.75, 3.05) is 33.3 Å². The normalized spacial score (nSPS) is 14.7. The van der Waals surface area contributed by atoms with Crippen molar-refractivity contribution in [1.82, 2.24) is 9.80 Å². The van der Waals surface area contributed by atoms with Gasteiger partial charge < -0.3 is 14.5 Å². The molecule has 24 heavy (non-hydrogen) atoms. The van der Waals surface area contributed by atoms with Crippen molar-refractivity contribution in [2.45, 2.75) is 33.1 Å². The fourth-order valence-corrected chi connectivity index (χ4v) is 3.06. The molecule has 1 heterocycles. The molecular weight excluding hydrogens is 328 g/mol. The predicted molar refractivity (Wildman–Crippen MR) is 94.5 cm³/mol. The van der Waals surface area contributed by atoms with E-state index in [-0.39, 0.29) is 18.2 Å². The second-order valence-electron chi connectivity index (χ2n) is 6.10. The molecule has 6 heteroatoms. The highest BCUT2D eigenvalue weighted by molar-refractivity contribution is 6.31. The summed E-state index contributed by atoms with van der Waals surface area (Å²) in [5, 5.41) is 0.633. The van der Waals surface area contributed by atoms with E-state index in [0.29, 0.717) is 43.4 Å². The number of piperazine rings is 1. The van der Waals surface area contributed by atoms with Crippen molar-refractivity contribution in [1.29, 1.82) is 0 Å². The Labute approximate surface area is 148 Å². The lowest BCUT2D eigenvalue weighted by Gasteiger charge is -2.35. The monoisotopic (exact) mass is 352 g/mol. The molecule has 0 radical (unpaired) electrons. The molecule has 1 aromatic carbocycles. The fraction of sp³-hybridized carbons (Fsp3) is 0.556. The van der Waals surface area contributed by atoms with Gasteiger partial charge in [0.25, 0.3) is 0 Å². The summed E-state index contributed by atoms with van der Waals surface area (Å²) < 4.78 is 5.36. The molecule has 5 nitrogen and oxygen atoms in total. The largest absolute Gasteiger partial charge is 0.496 e. The number of hydrogen-bond acceptors (Lipinski definition) is 3. The lowest BCUT2D eigenvalue weighted by molar-refractivity contribution is -0.139. The third-order valence-electron chi connectivity index (χ3n) is 4.35. The number of methoxy groups -OCH3 is 1. The second-order valence-corrected chi connectivity index (χ2v) is 6.51. The van der Waals surface area contributed by atoms with Crippen molar-refractivity contribution in [3.63, 3.8) is 0 Å². The molecule has 2 amide bonds. The zero-order valence-electron chi connectivity index (χ0n) is 14.6. The topological polar surface area (TPSA) is 49.9 Å². The van der Waals surface area contributed by atoms with E-state index in [9.17, 15) is 9.59 Å². The summed E-state index contributed by atoms with van der Waals surface area (Å²) in [7, 11) is 1.59. The Bertz CT molecular complexity index is 611. The van der Waals surface area contributed by atoms with E-state index in [1.54, 1.807) is 13.2 Å². The van der Waals surface area contributed by atoms with Crippen LogP contribution in [0, 0.1) is 6.92 Å². The van der Waals surface area contributed by atoms with Crippen LogP contribution in [0.4, 0.5) is 0 Å². The van der Waals surface area contributed by atoms with E-state index >= 15 is 0 Å². The van der Waals surface area contributed by atoms with Gasteiger partial charge in [0.05, 0.1) is 13.5 Å². The smallest absolute Gasteiger partial charge is 0.227 e. The second kappa shape index (κ2) is 8.38. The van der Waals surface area contributed by atoms with Gasteiger partial charge in [0, 0.05) is 43.2 Å². The van der Waals surface area contributed by atoms with Crippen molar-refractivity contribution in [3.8, 4) is 5.75 Å². The number of aryl methyl sites for hydroxylation is 1. The van der Waals surface area contributed by atoms with Crippen LogP contribution in [0.5, 0.6) is 5.75 Å². The molecule has 1 saturated heterocycles. The Morgan fingerprint density at radius 2 is 1.71 bits per heavy atom. The minimum absolute atomic E-state index is 0.0378. The molecule has 1 aliphatic heterocycles. The van der Waals surface area contributed by atoms with Gasteiger partial charge in [-0.15, -0.1) is 0 Å².